The van der Waals surface area contributed by atoms with Crippen LogP contribution >= 0.6 is 11.6 Å². The number of carbonyl (C=O) groups excluding carboxylic acids is 2. The lowest BCUT2D eigenvalue weighted by Gasteiger charge is -2.17. The highest BCUT2D eigenvalue weighted by molar-refractivity contribution is 7.89. The van der Waals surface area contributed by atoms with Crippen molar-refractivity contribution in [3.8, 4) is 0 Å². The van der Waals surface area contributed by atoms with Gasteiger partial charge in [-0.05, 0) is 43.2 Å². The zero-order chi connectivity index (χ0) is 18.7. The Bertz CT molecular complexity index is 922. The maximum atomic E-state index is 12.7. The first-order valence-electron chi connectivity index (χ1n) is 7.93. The number of amides is 2. The summed E-state index contributed by atoms with van der Waals surface area (Å²) in [5.41, 5.74) is 4.84. The molecule has 0 atom stereocenters. The topological polar surface area (TPSA) is 111 Å². The minimum Gasteiger partial charge on any atom is -0.357 e. The van der Waals surface area contributed by atoms with Gasteiger partial charge in [0, 0.05) is 24.8 Å². The van der Waals surface area contributed by atoms with Crippen molar-refractivity contribution in [2.24, 2.45) is 0 Å². The average Bonchev–Trinajstić information content (AvgIpc) is 3.33. The Morgan fingerprint density at radius 2 is 1.77 bits per heavy atom. The molecule has 2 amide bonds. The van der Waals surface area contributed by atoms with Crippen LogP contribution in [0.1, 0.15) is 33.7 Å². The van der Waals surface area contributed by atoms with Gasteiger partial charge in [0.25, 0.3) is 11.8 Å². The van der Waals surface area contributed by atoms with Gasteiger partial charge in [-0.2, -0.15) is 4.31 Å². The van der Waals surface area contributed by atoms with Gasteiger partial charge in [0.2, 0.25) is 10.0 Å². The van der Waals surface area contributed by atoms with Crippen LogP contribution < -0.4 is 10.9 Å². The Labute approximate surface area is 155 Å². The van der Waals surface area contributed by atoms with E-state index >= 15 is 0 Å². The van der Waals surface area contributed by atoms with E-state index in [4.69, 9.17) is 11.6 Å². The zero-order valence-electron chi connectivity index (χ0n) is 13.7. The van der Waals surface area contributed by atoms with Gasteiger partial charge in [0.05, 0.1) is 5.02 Å². The Morgan fingerprint density at radius 1 is 1.08 bits per heavy atom. The Hall–Kier alpha value is -2.36. The molecule has 0 bridgehead atoms. The van der Waals surface area contributed by atoms with Crippen molar-refractivity contribution in [3.63, 3.8) is 0 Å². The van der Waals surface area contributed by atoms with Crippen LogP contribution in [-0.4, -0.2) is 42.6 Å². The summed E-state index contributed by atoms with van der Waals surface area (Å²) in [7, 11) is -3.76. The summed E-state index contributed by atoms with van der Waals surface area (Å²) in [5.74, 6) is -1.18. The van der Waals surface area contributed by atoms with Crippen molar-refractivity contribution in [1.29, 1.82) is 0 Å². The number of sulfonamides is 1. The van der Waals surface area contributed by atoms with E-state index < -0.39 is 21.8 Å². The van der Waals surface area contributed by atoms with Gasteiger partial charge >= 0.3 is 0 Å². The minimum atomic E-state index is -3.76. The number of rotatable bonds is 4. The largest absolute Gasteiger partial charge is 0.357 e. The molecule has 1 aromatic heterocycles. The van der Waals surface area contributed by atoms with Crippen LogP contribution in [0.3, 0.4) is 0 Å². The van der Waals surface area contributed by atoms with E-state index in [9.17, 15) is 18.0 Å². The molecule has 3 rings (SSSR count). The fourth-order valence-corrected chi connectivity index (χ4v) is 4.65. The molecule has 0 aliphatic carbocycles. The molecule has 26 heavy (non-hydrogen) atoms. The number of aromatic amines is 1. The molecule has 1 aromatic carbocycles. The third kappa shape index (κ3) is 3.74. The Morgan fingerprint density at radius 3 is 2.42 bits per heavy atom. The fourth-order valence-electron chi connectivity index (χ4n) is 2.63. The van der Waals surface area contributed by atoms with Crippen molar-refractivity contribution in [3.05, 3.63) is 52.8 Å². The van der Waals surface area contributed by atoms with E-state index in [1.807, 2.05) is 0 Å². The zero-order valence-corrected chi connectivity index (χ0v) is 15.2. The predicted octanol–water partition coefficient (Wildman–Crippen LogP) is 1.53. The maximum absolute atomic E-state index is 12.7. The second kappa shape index (κ2) is 7.48. The van der Waals surface area contributed by atoms with Gasteiger partial charge in [-0.25, -0.2) is 8.42 Å². The van der Waals surface area contributed by atoms with Crippen LogP contribution in [0.4, 0.5) is 0 Å². The Kier molecular flexibility index (Phi) is 5.30. The van der Waals surface area contributed by atoms with E-state index in [0.29, 0.717) is 13.1 Å². The van der Waals surface area contributed by atoms with Gasteiger partial charge in [-0.1, -0.05) is 11.6 Å². The molecule has 2 aromatic rings. The number of hydrogen-bond donors (Lipinski definition) is 3. The molecule has 8 nitrogen and oxygen atoms in total. The van der Waals surface area contributed by atoms with Gasteiger partial charge < -0.3 is 4.98 Å². The standard InChI is InChI=1S/C16H17ClN4O4S/c17-12-6-5-11(10-14(12)26(24,25)21-8-1-2-9-21)15(22)19-20-16(23)13-4-3-7-18-13/h3-7,10,18H,1-2,8-9H2,(H,19,22)(H,20,23). The number of nitrogens with one attached hydrogen (secondary N) is 3. The molecule has 0 spiro atoms. The third-order valence-corrected chi connectivity index (χ3v) is 6.39. The number of aromatic nitrogens is 1. The third-order valence-electron chi connectivity index (χ3n) is 4.01. The first kappa shape index (κ1) is 18.4. The molecule has 1 fully saturated rings. The molecule has 0 saturated carbocycles. The number of halogens is 1. The maximum Gasteiger partial charge on any atom is 0.286 e. The fraction of sp³-hybridized carbons (Fsp3) is 0.250. The van der Waals surface area contributed by atoms with Gasteiger partial charge in [0.1, 0.15) is 10.6 Å². The molecule has 1 saturated heterocycles. The summed E-state index contributed by atoms with van der Waals surface area (Å²) >= 11 is 6.05. The highest BCUT2D eigenvalue weighted by Crippen LogP contribution is 2.28. The van der Waals surface area contributed by atoms with Crippen molar-refractivity contribution in [1.82, 2.24) is 20.1 Å². The number of benzene rings is 1. The molecule has 0 unspecified atom stereocenters. The Balaban J connectivity index is 1.76. The van der Waals surface area contributed by atoms with E-state index in [1.165, 1.54) is 22.5 Å². The van der Waals surface area contributed by atoms with Crippen LogP contribution in [0, 0.1) is 0 Å². The monoisotopic (exact) mass is 396 g/mol. The molecule has 1 aliphatic heterocycles. The molecule has 0 radical (unpaired) electrons. The van der Waals surface area contributed by atoms with Crippen molar-refractivity contribution in [2.75, 3.05) is 13.1 Å². The lowest BCUT2D eigenvalue weighted by atomic mass is 10.2. The van der Waals surface area contributed by atoms with Crippen molar-refractivity contribution >= 4 is 33.4 Å². The van der Waals surface area contributed by atoms with Crippen LogP contribution in [0.5, 0.6) is 0 Å². The predicted molar refractivity (Wildman–Crippen MR) is 95.2 cm³/mol. The second-order valence-corrected chi connectivity index (χ2v) is 8.06. The van der Waals surface area contributed by atoms with E-state index in [0.717, 1.165) is 12.8 Å². The molecule has 1 aliphatic rings. The summed E-state index contributed by atoms with van der Waals surface area (Å²) in [6.07, 6.45) is 3.16. The molecule has 3 N–H and O–H groups in total. The summed E-state index contributed by atoms with van der Waals surface area (Å²) in [6.45, 7) is 0.864. The smallest absolute Gasteiger partial charge is 0.286 e. The van der Waals surface area contributed by atoms with Gasteiger partial charge in [-0.15, -0.1) is 0 Å². The van der Waals surface area contributed by atoms with Crippen LogP contribution in [0.2, 0.25) is 5.02 Å². The highest BCUT2D eigenvalue weighted by Gasteiger charge is 2.29. The molecular weight excluding hydrogens is 380 g/mol. The molecular formula is C16H17ClN4O4S. The summed E-state index contributed by atoms with van der Waals surface area (Å²) in [6, 6.07) is 7.15. The van der Waals surface area contributed by atoms with Crippen LogP contribution in [0.15, 0.2) is 41.4 Å². The van der Waals surface area contributed by atoms with Crippen LogP contribution in [-0.2, 0) is 10.0 Å². The minimum absolute atomic E-state index is 0.0453. The van der Waals surface area contributed by atoms with E-state index in [1.54, 1.807) is 18.3 Å². The number of nitrogens with zero attached hydrogens (tertiary/aromatic N) is 1. The lowest BCUT2D eigenvalue weighted by Crippen LogP contribution is -2.41. The quantitative estimate of drug-likeness (QED) is 0.680. The average molecular weight is 397 g/mol. The molecule has 10 heteroatoms. The second-order valence-electron chi connectivity index (χ2n) is 5.75. The molecule has 2 heterocycles. The number of hydrazine groups is 1. The number of hydrogen-bond acceptors (Lipinski definition) is 4. The first-order chi connectivity index (χ1) is 12.4. The number of H-pyrrole nitrogens is 1. The SMILES string of the molecule is O=C(NNC(=O)c1ccc[nH]1)c1ccc(Cl)c(S(=O)(=O)N2CCCC2)c1. The first-order valence-corrected chi connectivity index (χ1v) is 9.75. The van der Waals surface area contributed by atoms with E-state index in [2.05, 4.69) is 15.8 Å². The summed E-state index contributed by atoms with van der Waals surface area (Å²) in [5, 5.41) is 0.0453. The van der Waals surface area contributed by atoms with E-state index in [-0.39, 0.29) is 21.2 Å². The molecule has 138 valence electrons. The number of carbonyl (C=O) groups is 2. The summed E-state index contributed by atoms with van der Waals surface area (Å²) < 4.78 is 26.7. The summed E-state index contributed by atoms with van der Waals surface area (Å²) in [4.78, 5) is 26.6. The van der Waals surface area contributed by atoms with Gasteiger partial charge in [-0.3, -0.25) is 20.4 Å². The highest BCUT2D eigenvalue weighted by atomic mass is 35.5. The lowest BCUT2D eigenvalue weighted by molar-refractivity contribution is 0.0844. The van der Waals surface area contributed by atoms with Gasteiger partial charge in [0.15, 0.2) is 0 Å². The van der Waals surface area contributed by atoms with Crippen LogP contribution in [0.25, 0.3) is 0 Å². The normalized spacial score (nSPS) is 15.0. The van der Waals surface area contributed by atoms with Crippen molar-refractivity contribution < 1.29 is 18.0 Å². The van der Waals surface area contributed by atoms with Crippen molar-refractivity contribution in [2.45, 2.75) is 17.7 Å².